The third-order valence-corrected chi connectivity index (χ3v) is 3.57. The molecule has 0 radical (unpaired) electrons. The van der Waals surface area contributed by atoms with Gasteiger partial charge in [-0.05, 0) is 63.0 Å². The van der Waals surface area contributed by atoms with Crippen LogP contribution in [0.1, 0.15) is 24.0 Å². The first-order valence-corrected chi connectivity index (χ1v) is 6.84. The van der Waals surface area contributed by atoms with Gasteiger partial charge in [-0.1, -0.05) is 6.07 Å². The van der Waals surface area contributed by atoms with Crippen LogP contribution in [0.25, 0.3) is 0 Å². The summed E-state index contributed by atoms with van der Waals surface area (Å²) in [7, 11) is 0. The molecule has 18 heavy (non-hydrogen) atoms. The van der Waals surface area contributed by atoms with Crippen molar-refractivity contribution < 1.29 is 4.74 Å². The first-order valence-electron chi connectivity index (χ1n) is 6.84. The Labute approximate surface area is 110 Å². The van der Waals surface area contributed by atoms with Crippen molar-refractivity contribution in [1.29, 1.82) is 0 Å². The van der Waals surface area contributed by atoms with Gasteiger partial charge in [0.05, 0.1) is 6.04 Å². The van der Waals surface area contributed by atoms with Crippen molar-refractivity contribution in [3.63, 3.8) is 0 Å². The molecular formula is C15H24N2O. The van der Waals surface area contributed by atoms with E-state index in [0.717, 1.165) is 18.8 Å². The normalized spacial score (nSPS) is 17.9. The molecule has 0 saturated carbocycles. The fraction of sp³-hybridized carbons (Fsp3) is 0.600. The van der Waals surface area contributed by atoms with Crippen molar-refractivity contribution in [2.24, 2.45) is 5.73 Å². The summed E-state index contributed by atoms with van der Waals surface area (Å²) >= 11 is 0. The summed E-state index contributed by atoms with van der Waals surface area (Å²) in [5.74, 6) is 0.963. The highest BCUT2D eigenvalue weighted by atomic mass is 16.5. The second-order valence-electron chi connectivity index (χ2n) is 5.27. The SMILES string of the molecule is Cc1cc(C)cc(OCC(CN)N2CCCC2)c1. The minimum absolute atomic E-state index is 0.355. The van der Waals surface area contributed by atoms with Gasteiger partial charge in [0.2, 0.25) is 0 Å². The third-order valence-electron chi connectivity index (χ3n) is 3.57. The lowest BCUT2D eigenvalue weighted by molar-refractivity contribution is 0.164. The molecule has 1 aliphatic heterocycles. The lowest BCUT2D eigenvalue weighted by Crippen LogP contribution is -2.42. The zero-order valence-electron chi connectivity index (χ0n) is 11.5. The lowest BCUT2D eigenvalue weighted by Gasteiger charge is -2.26. The molecule has 1 aromatic rings. The van der Waals surface area contributed by atoms with Crippen molar-refractivity contribution in [2.75, 3.05) is 26.2 Å². The van der Waals surface area contributed by atoms with Crippen molar-refractivity contribution >= 4 is 0 Å². The van der Waals surface area contributed by atoms with Gasteiger partial charge < -0.3 is 10.5 Å². The summed E-state index contributed by atoms with van der Waals surface area (Å²) in [6.45, 7) is 7.89. The molecule has 1 fully saturated rings. The predicted octanol–water partition coefficient (Wildman–Crippen LogP) is 2.11. The first kappa shape index (κ1) is 13.4. The van der Waals surface area contributed by atoms with Crippen molar-refractivity contribution in [2.45, 2.75) is 32.7 Å². The minimum Gasteiger partial charge on any atom is -0.492 e. The van der Waals surface area contributed by atoms with Crippen molar-refractivity contribution in [3.05, 3.63) is 29.3 Å². The van der Waals surface area contributed by atoms with Crippen LogP contribution in [-0.2, 0) is 0 Å². The topological polar surface area (TPSA) is 38.5 Å². The van der Waals surface area contributed by atoms with Crippen LogP contribution < -0.4 is 10.5 Å². The second kappa shape index (κ2) is 6.21. The van der Waals surface area contributed by atoms with E-state index in [0.29, 0.717) is 19.2 Å². The molecular weight excluding hydrogens is 224 g/mol. The number of aryl methyl sites for hydroxylation is 2. The molecule has 1 unspecified atom stereocenters. The molecule has 3 nitrogen and oxygen atoms in total. The van der Waals surface area contributed by atoms with Crippen LogP contribution in [0.15, 0.2) is 18.2 Å². The summed E-state index contributed by atoms with van der Waals surface area (Å²) in [5.41, 5.74) is 8.35. The van der Waals surface area contributed by atoms with Crippen molar-refractivity contribution in [3.8, 4) is 5.75 Å². The van der Waals surface area contributed by atoms with E-state index in [2.05, 4.69) is 36.9 Å². The number of hydrogen-bond donors (Lipinski definition) is 1. The summed E-state index contributed by atoms with van der Waals surface area (Å²) in [5, 5.41) is 0. The van der Waals surface area contributed by atoms with Gasteiger partial charge >= 0.3 is 0 Å². The standard InChI is InChI=1S/C15H24N2O/c1-12-7-13(2)9-15(8-12)18-11-14(10-16)17-5-3-4-6-17/h7-9,14H,3-6,10-11,16H2,1-2H3. The molecule has 1 saturated heterocycles. The molecule has 2 N–H and O–H groups in total. The van der Waals surface area contributed by atoms with E-state index in [-0.39, 0.29) is 0 Å². The average Bonchev–Trinajstić information content (AvgIpc) is 2.82. The van der Waals surface area contributed by atoms with E-state index in [1.54, 1.807) is 0 Å². The molecule has 2 rings (SSSR count). The molecule has 0 bridgehead atoms. The lowest BCUT2D eigenvalue weighted by atomic mass is 10.1. The quantitative estimate of drug-likeness (QED) is 0.867. The molecule has 0 amide bonds. The number of likely N-dealkylation sites (tertiary alicyclic amines) is 1. The highest BCUT2D eigenvalue weighted by Gasteiger charge is 2.21. The highest BCUT2D eigenvalue weighted by molar-refractivity contribution is 5.33. The summed E-state index contributed by atoms with van der Waals surface area (Å²) in [6.07, 6.45) is 2.58. The summed E-state index contributed by atoms with van der Waals surface area (Å²) in [6, 6.07) is 6.69. The smallest absolute Gasteiger partial charge is 0.119 e. The summed E-state index contributed by atoms with van der Waals surface area (Å²) in [4.78, 5) is 2.45. The van der Waals surface area contributed by atoms with Crippen LogP contribution in [0.3, 0.4) is 0 Å². The maximum absolute atomic E-state index is 5.91. The van der Waals surface area contributed by atoms with Gasteiger partial charge in [0, 0.05) is 6.54 Å². The number of benzene rings is 1. The summed E-state index contributed by atoms with van der Waals surface area (Å²) < 4.78 is 5.91. The Balaban J connectivity index is 1.92. The van der Waals surface area contributed by atoms with E-state index in [1.165, 1.54) is 24.0 Å². The van der Waals surface area contributed by atoms with Crippen LogP contribution in [-0.4, -0.2) is 37.2 Å². The van der Waals surface area contributed by atoms with E-state index in [9.17, 15) is 0 Å². The average molecular weight is 248 g/mol. The fourth-order valence-electron chi connectivity index (χ4n) is 2.64. The van der Waals surface area contributed by atoms with Crippen LogP contribution >= 0.6 is 0 Å². The van der Waals surface area contributed by atoms with Gasteiger partial charge in [-0.3, -0.25) is 4.90 Å². The van der Waals surface area contributed by atoms with E-state index in [1.807, 2.05) is 0 Å². The zero-order chi connectivity index (χ0) is 13.0. The van der Waals surface area contributed by atoms with Gasteiger partial charge in [-0.15, -0.1) is 0 Å². The Morgan fingerprint density at radius 2 is 1.78 bits per heavy atom. The number of ether oxygens (including phenoxy) is 1. The Hall–Kier alpha value is -1.06. The largest absolute Gasteiger partial charge is 0.492 e. The van der Waals surface area contributed by atoms with Gasteiger partial charge in [0.1, 0.15) is 12.4 Å². The highest BCUT2D eigenvalue weighted by Crippen LogP contribution is 2.18. The van der Waals surface area contributed by atoms with Crippen LogP contribution in [0.2, 0.25) is 0 Å². The molecule has 3 heteroatoms. The fourth-order valence-corrected chi connectivity index (χ4v) is 2.64. The Kier molecular flexibility index (Phi) is 4.61. The van der Waals surface area contributed by atoms with Crippen LogP contribution in [0.4, 0.5) is 0 Å². The molecule has 1 aliphatic rings. The maximum Gasteiger partial charge on any atom is 0.119 e. The molecule has 0 spiro atoms. The van der Waals surface area contributed by atoms with E-state index < -0.39 is 0 Å². The Bertz CT molecular complexity index is 366. The van der Waals surface area contributed by atoms with E-state index in [4.69, 9.17) is 10.5 Å². The molecule has 0 aromatic heterocycles. The second-order valence-corrected chi connectivity index (χ2v) is 5.27. The monoisotopic (exact) mass is 248 g/mol. The van der Waals surface area contributed by atoms with Gasteiger partial charge in [0.25, 0.3) is 0 Å². The number of nitrogens with zero attached hydrogens (tertiary/aromatic N) is 1. The first-order chi connectivity index (χ1) is 8.69. The van der Waals surface area contributed by atoms with Gasteiger partial charge in [0.15, 0.2) is 0 Å². The molecule has 100 valence electrons. The number of rotatable bonds is 5. The maximum atomic E-state index is 5.91. The van der Waals surface area contributed by atoms with Gasteiger partial charge in [-0.25, -0.2) is 0 Å². The third kappa shape index (κ3) is 3.47. The van der Waals surface area contributed by atoms with Crippen LogP contribution in [0, 0.1) is 13.8 Å². The minimum atomic E-state index is 0.355. The van der Waals surface area contributed by atoms with Gasteiger partial charge in [-0.2, -0.15) is 0 Å². The zero-order valence-corrected chi connectivity index (χ0v) is 11.5. The Morgan fingerprint density at radius 1 is 1.17 bits per heavy atom. The molecule has 0 aliphatic carbocycles. The predicted molar refractivity (Wildman–Crippen MR) is 75.1 cm³/mol. The molecule has 1 heterocycles. The van der Waals surface area contributed by atoms with E-state index >= 15 is 0 Å². The molecule has 1 atom stereocenters. The number of hydrogen-bond acceptors (Lipinski definition) is 3. The van der Waals surface area contributed by atoms with Crippen molar-refractivity contribution in [1.82, 2.24) is 4.90 Å². The number of nitrogens with two attached hydrogens (primary N) is 1. The van der Waals surface area contributed by atoms with Crippen LogP contribution in [0.5, 0.6) is 5.75 Å². The Morgan fingerprint density at radius 3 is 2.33 bits per heavy atom. The molecule has 1 aromatic carbocycles.